The van der Waals surface area contributed by atoms with Crippen molar-refractivity contribution in [3.05, 3.63) is 17.7 Å². The number of hydrogen-bond donors (Lipinski definition) is 0. The van der Waals surface area contributed by atoms with Crippen molar-refractivity contribution < 1.29 is 14.3 Å². The van der Waals surface area contributed by atoms with Gasteiger partial charge >= 0.3 is 0 Å². The Balaban J connectivity index is 2.60. The van der Waals surface area contributed by atoms with E-state index in [1.54, 1.807) is 7.11 Å². The Hall–Kier alpha value is -0.853. The second-order valence-corrected chi connectivity index (χ2v) is 12.1. The molecule has 0 spiro atoms. The highest BCUT2D eigenvalue weighted by atomic mass is 79.9. The van der Waals surface area contributed by atoms with Gasteiger partial charge in [0.25, 0.3) is 0 Å². The summed E-state index contributed by atoms with van der Waals surface area (Å²) in [5.74, 6) is 1.03. The topological polar surface area (TPSA) is 38.8 Å². The third-order valence-corrected chi connectivity index (χ3v) is 6.37. The van der Waals surface area contributed by atoms with Crippen molar-refractivity contribution in [2.24, 2.45) is 0 Å². The second kappa shape index (κ2) is 7.15. The van der Waals surface area contributed by atoms with Gasteiger partial charge in [-0.2, -0.15) is 0 Å². The van der Waals surface area contributed by atoms with Crippen LogP contribution in [-0.4, -0.2) is 52.6 Å². The van der Waals surface area contributed by atoms with Crippen LogP contribution in [0.3, 0.4) is 0 Å². The lowest BCUT2D eigenvalue weighted by Crippen LogP contribution is -2.42. The zero-order chi connectivity index (χ0) is 16.3. The number of ketones is 1. The van der Waals surface area contributed by atoms with Gasteiger partial charge in [0.05, 0.1) is 39.4 Å². The minimum absolute atomic E-state index is 0.108. The molecular weight excluding hydrogens is 362 g/mol. The fourth-order valence-electron chi connectivity index (χ4n) is 2.66. The molecule has 1 aliphatic rings. The highest BCUT2D eigenvalue weighted by Gasteiger charge is 2.27. The quantitative estimate of drug-likeness (QED) is 0.443. The van der Waals surface area contributed by atoms with E-state index in [0.29, 0.717) is 18.5 Å². The van der Waals surface area contributed by atoms with Crippen LogP contribution in [0.25, 0.3) is 0 Å². The molecule has 0 atom stereocenters. The van der Waals surface area contributed by atoms with Crippen molar-refractivity contribution in [2.75, 3.05) is 43.6 Å². The molecule has 2 rings (SSSR count). The van der Waals surface area contributed by atoms with Crippen LogP contribution in [0.1, 0.15) is 10.4 Å². The third-order valence-electron chi connectivity index (χ3n) is 3.88. The number of benzene rings is 1. The van der Waals surface area contributed by atoms with Gasteiger partial charge < -0.3 is 14.4 Å². The Labute approximate surface area is 141 Å². The average Bonchev–Trinajstić information content (AvgIpc) is 2.52. The molecule has 0 N–H and O–H groups in total. The summed E-state index contributed by atoms with van der Waals surface area (Å²) < 4.78 is 11.2. The van der Waals surface area contributed by atoms with E-state index in [1.165, 1.54) is 5.19 Å². The van der Waals surface area contributed by atoms with E-state index in [-0.39, 0.29) is 5.78 Å². The number of halogens is 1. The Morgan fingerprint density at radius 3 is 2.45 bits per heavy atom. The molecule has 0 aliphatic carbocycles. The van der Waals surface area contributed by atoms with Crippen LogP contribution >= 0.6 is 15.9 Å². The van der Waals surface area contributed by atoms with Crippen molar-refractivity contribution in [3.63, 3.8) is 0 Å². The van der Waals surface area contributed by atoms with Crippen molar-refractivity contribution in [1.82, 2.24) is 0 Å². The van der Waals surface area contributed by atoms with Crippen LogP contribution in [0.2, 0.25) is 19.6 Å². The van der Waals surface area contributed by atoms with Crippen molar-refractivity contribution in [3.8, 4) is 5.75 Å². The van der Waals surface area contributed by atoms with Gasteiger partial charge in [-0.15, -0.1) is 0 Å². The molecule has 1 aromatic rings. The first-order valence-electron chi connectivity index (χ1n) is 7.53. The molecule has 122 valence electrons. The van der Waals surface area contributed by atoms with E-state index in [9.17, 15) is 4.79 Å². The van der Waals surface area contributed by atoms with E-state index in [1.807, 2.05) is 12.1 Å². The monoisotopic (exact) mass is 385 g/mol. The zero-order valence-corrected chi connectivity index (χ0v) is 16.3. The predicted octanol–water partition coefficient (Wildman–Crippen LogP) is 2.65. The molecule has 1 heterocycles. The summed E-state index contributed by atoms with van der Waals surface area (Å²) in [7, 11) is 0.0829. The first kappa shape index (κ1) is 17.5. The third kappa shape index (κ3) is 3.72. The molecule has 1 fully saturated rings. The number of anilines is 1. The van der Waals surface area contributed by atoms with E-state index in [2.05, 4.69) is 40.5 Å². The van der Waals surface area contributed by atoms with Crippen molar-refractivity contribution in [1.29, 1.82) is 0 Å². The molecule has 0 unspecified atom stereocenters. The SMILES string of the molecule is COc1c(N2CCOCC2)cc(C(=O)CBr)cc1[Si](C)(C)C. The first-order chi connectivity index (χ1) is 10.4. The van der Waals surface area contributed by atoms with E-state index < -0.39 is 8.07 Å². The number of hydrogen-bond acceptors (Lipinski definition) is 4. The number of carbonyl (C=O) groups excluding carboxylic acids is 1. The number of carbonyl (C=O) groups is 1. The Morgan fingerprint density at radius 2 is 1.95 bits per heavy atom. The normalized spacial score (nSPS) is 15.8. The number of morpholine rings is 1. The molecule has 0 aromatic heterocycles. The fourth-order valence-corrected chi connectivity index (χ4v) is 4.49. The Morgan fingerprint density at radius 1 is 1.32 bits per heavy atom. The largest absolute Gasteiger partial charge is 0.495 e. The van der Waals surface area contributed by atoms with Gasteiger partial charge in [0.15, 0.2) is 5.78 Å². The highest BCUT2D eigenvalue weighted by Crippen LogP contribution is 2.31. The van der Waals surface area contributed by atoms with Crippen LogP contribution in [0.15, 0.2) is 12.1 Å². The van der Waals surface area contributed by atoms with Crippen LogP contribution in [0.5, 0.6) is 5.75 Å². The van der Waals surface area contributed by atoms with Gasteiger partial charge in [-0.25, -0.2) is 0 Å². The van der Waals surface area contributed by atoms with E-state index in [0.717, 1.165) is 30.1 Å². The maximum absolute atomic E-state index is 12.2. The molecule has 22 heavy (non-hydrogen) atoms. The Kier molecular flexibility index (Phi) is 5.69. The summed E-state index contributed by atoms with van der Waals surface area (Å²) >= 11 is 3.28. The average molecular weight is 386 g/mol. The van der Waals surface area contributed by atoms with Crippen molar-refractivity contribution >= 4 is 40.7 Å². The summed E-state index contributed by atoms with van der Waals surface area (Å²) in [6, 6.07) is 4.00. The summed E-state index contributed by atoms with van der Waals surface area (Å²) in [5.41, 5.74) is 1.78. The predicted molar refractivity (Wildman–Crippen MR) is 97.1 cm³/mol. The molecule has 1 aliphatic heterocycles. The van der Waals surface area contributed by atoms with Gasteiger partial charge in [-0.3, -0.25) is 4.79 Å². The van der Waals surface area contributed by atoms with Gasteiger partial charge in [0.2, 0.25) is 0 Å². The van der Waals surface area contributed by atoms with Crippen LogP contribution in [-0.2, 0) is 4.74 Å². The van der Waals surface area contributed by atoms with Crippen LogP contribution in [0, 0.1) is 0 Å². The lowest BCUT2D eigenvalue weighted by molar-refractivity contribution is 0.102. The Bertz CT molecular complexity index is 551. The number of alkyl halides is 1. The molecule has 0 radical (unpaired) electrons. The first-order valence-corrected chi connectivity index (χ1v) is 12.1. The summed E-state index contributed by atoms with van der Waals surface area (Å²) in [5, 5.41) is 1.54. The molecule has 1 aromatic carbocycles. The number of methoxy groups -OCH3 is 1. The fraction of sp³-hybridized carbons (Fsp3) is 0.562. The van der Waals surface area contributed by atoms with Crippen LogP contribution < -0.4 is 14.8 Å². The standard InChI is InChI=1S/C16H24BrNO3Si/c1-20-16-13(18-5-7-21-8-6-18)9-12(14(19)11-17)10-15(16)22(2,3)4/h9-10H,5-8,11H2,1-4H3. The summed E-state index contributed by atoms with van der Waals surface area (Å²) in [6.07, 6.45) is 0. The molecule has 0 saturated carbocycles. The number of nitrogens with zero attached hydrogens (tertiary/aromatic N) is 1. The number of rotatable bonds is 5. The van der Waals surface area contributed by atoms with Gasteiger partial charge in [0.1, 0.15) is 5.75 Å². The highest BCUT2D eigenvalue weighted by molar-refractivity contribution is 9.09. The lowest BCUT2D eigenvalue weighted by atomic mass is 10.1. The molecule has 1 saturated heterocycles. The van der Waals surface area contributed by atoms with Crippen molar-refractivity contribution in [2.45, 2.75) is 19.6 Å². The van der Waals surface area contributed by atoms with Crippen LogP contribution in [0.4, 0.5) is 5.69 Å². The number of Topliss-reactive ketones (excluding diaryl/α,β-unsaturated/α-hetero) is 1. The summed E-state index contributed by atoms with van der Waals surface area (Å²) in [6.45, 7) is 9.90. The molecule has 0 amide bonds. The lowest BCUT2D eigenvalue weighted by Gasteiger charge is -2.32. The summed E-state index contributed by atoms with van der Waals surface area (Å²) in [4.78, 5) is 14.5. The maximum Gasteiger partial charge on any atom is 0.173 e. The zero-order valence-electron chi connectivity index (χ0n) is 13.7. The van der Waals surface area contributed by atoms with E-state index in [4.69, 9.17) is 9.47 Å². The molecular formula is C16H24BrNO3Si. The minimum atomic E-state index is -1.63. The molecule has 4 nitrogen and oxygen atoms in total. The maximum atomic E-state index is 12.2. The van der Waals surface area contributed by atoms with Gasteiger partial charge in [0, 0.05) is 18.7 Å². The minimum Gasteiger partial charge on any atom is -0.495 e. The molecule has 0 bridgehead atoms. The van der Waals surface area contributed by atoms with Gasteiger partial charge in [-0.05, 0) is 17.3 Å². The smallest absolute Gasteiger partial charge is 0.173 e. The van der Waals surface area contributed by atoms with E-state index >= 15 is 0 Å². The second-order valence-electron chi connectivity index (χ2n) is 6.48. The van der Waals surface area contributed by atoms with Gasteiger partial charge in [-0.1, -0.05) is 35.6 Å². The number of ether oxygens (including phenoxy) is 2. The molecule has 6 heteroatoms.